The molecule has 1 aliphatic rings. The molecule has 1 unspecified atom stereocenters. The van der Waals surface area contributed by atoms with Gasteiger partial charge in [-0.1, -0.05) is 11.8 Å². The molecule has 0 aliphatic carbocycles. The monoisotopic (exact) mass is 287 g/mol. The van der Waals surface area contributed by atoms with Gasteiger partial charge in [0.25, 0.3) is 5.22 Å². The van der Waals surface area contributed by atoms with E-state index in [1.807, 2.05) is 6.07 Å². The summed E-state index contributed by atoms with van der Waals surface area (Å²) in [5, 5.41) is 16.6. The molecule has 1 saturated heterocycles. The molecule has 1 aliphatic heterocycles. The number of nitrogens with zero attached hydrogens (tertiary/aromatic N) is 3. The van der Waals surface area contributed by atoms with Gasteiger partial charge in [-0.25, -0.2) is 8.42 Å². The first-order chi connectivity index (χ1) is 8.59. The van der Waals surface area contributed by atoms with E-state index in [4.69, 9.17) is 9.68 Å². The highest BCUT2D eigenvalue weighted by molar-refractivity contribution is 7.99. The molecule has 2 rings (SSSR count). The molecule has 1 fully saturated rings. The van der Waals surface area contributed by atoms with Crippen molar-refractivity contribution in [3.63, 3.8) is 0 Å². The Hall–Kier alpha value is -1.07. The predicted octanol–water partition coefficient (Wildman–Crippen LogP) is 1.05. The molecule has 0 amide bonds. The number of thioether (sulfide) groups is 1. The Balaban J connectivity index is 1.86. The summed E-state index contributed by atoms with van der Waals surface area (Å²) in [5.74, 6) is 1.67. The highest BCUT2D eigenvalue weighted by atomic mass is 32.2. The van der Waals surface area contributed by atoms with Crippen molar-refractivity contribution in [3.05, 3.63) is 5.89 Å². The smallest absolute Gasteiger partial charge is 0.276 e. The van der Waals surface area contributed by atoms with Gasteiger partial charge in [0, 0.05) is 18.6 Å². The lowest BCUT2D eigenvalue weighted by Crippen LogP contribution is -2.07. The van der Waals surface area contributed by atoms with Crippen molar-refractivity contribution in [3.8, 4) is 6.07 Å². The van der Waals surface area contributed by atoms with E-state index in [1.54, 1.807) is 0 Å². The maximum atomic E-state index is 11.3. The van der Waals surface area contributed by atoms with Crippen LogP contribution in [0, 0.1) is 17.2 Å². The van der Waals surface area contributed by atoms with Gasteiger partial charge in [-0.15, -0.1) is 10.2 Å². The van der Waals surface area contributed by atoms with Gasteiger partial charge in [0.15, 0.2) is 9.84 Å². The summed E-state index contributed by atoms with van der Waals surface area (Å²) in [7, 11) is -2.86. The summed E-state index contributed by atoms with van der Waals surface area (Å²) in [5.41, 5.74) is 0. The topological polar surface area (TPSA) is 96.9 Å². The van der Waals surface area contributed by atoms with Gasteiger partial charge in [0.2, 0.25) is 5.89 Å². The molecule has 18 heavy (non-hydrogen) atoms. The maximum absolute atomic E-state index is 11.3. The number of rotatable bonds is 5. The van der Waals surface area contributed by atoms with E-state index in [9.17, 15) is 8.42 Å². The van der Waals surface area contributed by atoms with Crippen LogP contribution in [0.1, 0.15) is 18.7 Å². The van der Waals surface area contributed by atoms with Gasteiger partial charge in [-0.2, -0.15) is 5.26 Å². The number of sulfone groups is 1. The van der Waals surface area contributed by atoms with Crippen LogP contribution in [0.3, 0.4) is 0 Å². The quantitative estimate of drug-likeness (QED) is 0.589. The zero-order valence-corrected chi connectivity index (χ0v) is 11.3. The third-order valence-electron chi connectivity index (χ3n) is 2.68. The molecule has 2 heterocycles. The largest absolute Gasteiger partial charge is 0.416 e. The molecule has 0 bridgehead atoms. The van der Waals surface area contributed by atoms with E-state index >= 15 is 0 Å². The molecular formula is C10H13N3O3S2. The minimum absolute atomic E-state index is 0.0902. The lowest BCUT2D eigenvalue weighted by Gasteiger charge is -2.01. The van der Waals surface area contributed by atoms with Crippen LogP contribution in [0.25, 0.3) is 0 Å². The van der Waals surface area contributed by atoms with Gasteiger partial charge in [-0.3, -0.25) is 0 Å². The Morgan fingerprint density at radius 2 is 2.33 bits per heavy atom. The third kappa shape index (κ3) is 3.71. The fourth-order valence-electron chi connectivity index (χ4n) is 1.84. The molecule has 1 atom stereocenters. The molecule has 0 radical (unpaired) electrons. The van der Waals surface area contributed by atoms with Crippen molar-refractivity contribution in [2.24, 2.45) is 5.92 Å². The predicted molar refractivity (Wildman–Crippen MR) is 65.7 cm³/mol. The van der Waals surface area contributed by atoms with E-state index in [0.717, 1.165) is 0 Å². The summed E-state index contributed by atoms with van der Waals surface area (Å²) in [6, 6.07) is 2.04. The fraction of sp³-hybridized carbons (Fsp3) is 0.700. The average molecular weight is 287 g/mol. The molecule has 0 spiro atoms. The van der Waals surface area contributed by atoms with E-state index in [2.05, 4.69) is 10.2 Å². The number of hydrogen-bond acceptors (Lipinski definition) is 7. The van der Waals surface area contributed by atoms with Gasteiger partial charge in [0.05, 0.1) is 17.6 Å². The van der Waals surface area contributed by atoms with Crippen molar-refractivity contribution in [1.82, 2.24) is 10.2 Å². The van der Waals surface area contributed by atoms with Crippen LogP contribution in [0.5, 0.6) is 0 Å². The summed E-state index contributed by atoms with van der Waals surface area (Å²) < 4.78 is 28.0. The van der Waals surface area contributed by atoms with Gasteiger partial charge in [-0.05, 0) is 12.3 Å². The average Bonchev–Trinajstić information content (AvgIpc) is 2.87. The van der Waals surface area contributed by atoms with Crippen LogP contribution >= 0.6 is 11.8 Å². The second-order valence-corrected chi connectivity index (χ2v) is 7.47. The van der Waals surface area contributed by atoms with Crippen molar-refractivity contribution in [2.75, 3.05) is 17.3 Å². The molecule has 98 valence electrons. The van der Waals surface area contributed by atoms with Crippen LogP contribution in [-0.2, 0) is 16.3 Å². The van der Waals surface area contributed by atoms with E-state index < -0.39 is 9.84 Å². The maximum Gasteiger partial charge on any atom is 0.276 e. The Bertz CT molecular complexity index is 547. The van der Waals surface area contributed by atoms with Crippen LogP contribution < -0.4 is 0 Å². The fourth-order valence-corrected chi connectivity index (χ4v) is 4.33. The van der Waals surface area contributed by atoms with Crippen molar-refractivity contribution < 1.29 is 12.8 Å². The SMILES string of the molecule is N#CCCSc1nnc(CC2CCS(=O)(=O)C2)o1. The van der Waals surface area contributed by atoms with Crippen LogP contribution in [-0.4, -0.2) is 35.9 Å². The first-order valence-corrected chi connectivity index (χ1v) is 8.42. The van der Waals surface area contributed by atoms with Crippen LogP contribution in [0.4, 0.5) is 0 Å². The normalized spacial score (nSPS) is 21.8. The lowest BCUT2D eigenvalue weighted by atomic mass is 10.1. The Labute approximate surface area is 110 Å². The summed E-state index contributed by atoms with van der Waals surface area (Å²) in [4.78, 5) is 0. The molecule has 0 N–H and O–H groups in total. The van der Waals surface area contributed by atoms with Crippen LogP contribution in [0.2, 0.25) is 0 Å². The zero-order valence-electron chi connectivity index (χ0n) is 9.70. The zero-order chi connectivity index (χ0) is 13.0. The number of aromatic nitrogens is 2. The first kappa shape index (κ1) is 13.4. The first-order valence-electron chi connectivity index (χ1n) is 5.61. The summed E-state index contributed by atoms with van der Waals surface area (Å²) >= 11 is 1.34. The molecular weight excluding hydrogens is 274 g/mol. The van der Waals surface area contributed by atoms with Gasteiger partial charge < -0.3 is 4.42 Å². The lowest BCUT2D eigenvalue weighted by molar-refractivity contribution is 0.389. The third-order valence-corrected chi connectivity index (χ3v) is 5.33. The summed E-state index contributed by atoms with van der Waals surface area (Å²) in [6.07, 6.45) is 1.62. The molecule has 6 nitrogen and oxygen atoms in total. The Morgan fingerprint density at radius 3 is 3.00 bits per heavy atom. The van der Waals surface area contributed by atoms with Gasteiger partial charge >= 0.3 is 0 Å². The molecule has 8 heteroatoms. The minimum atomic E-state index is -2.86. The minimum Gasteiger partial charge on any atom is -0.416 e. The van der Waals surface area contributed by atoms with E-state index in [1.165, 1.54) is 11.8 Å². The van der Waals surface area contributed by atoms with Crippen LogP contribution in [0.15, 0.2) is 9.64 Å². The second-order valence-electron chi connectivity index (χ2n) is 4.19. The van der Waals surface area contributed by atoms with E-state index in [-0.39, 0.29) is 17.4 Å². The van der Waals surface area contributed by atoms with Crippen molar-refractivity contribution in [2.45, 2.75) is 24.5 Å². The van der Waals surface area contributed by atoms with E-state index in [0.29, 0.717) is 36.1 Å². The number of nitriles is 1. The van der Waals surface area contributed by atoms with Crippen molar-refractivity contribution in [1.29, 1.82) is 5.26 Å². The van der Waals surface area contributed by atoms with Crippen molar-refractivity contribution >= 4 is 21.6 Å². The summed E-state index contributed by atoms with van der Waals surface area (Å²) in [6.45, 7) is 0. The second kappa shape index (κ2) is 5.71. The molecule has 1 aromatic heterocycles. The Morgan fingerprint density at radius 1 is 1.50 bits per heavy atom. The molecule has 0 aromatic carbocycles. The number of hydrogen-bond donors (Lipinski definition) is 0. The van der Waals surface area contributed by atoms with Gasteiger partial charge in [0.1, 0.15) is 0 Å². The highest BCUT2D eigenvalue weighted by Crippen LogP contribution is 2.24. The highest BCUT2D eigenvalue weighted by Gasteiger charge is 2.29. The molecule has 0 saturated carbocycles. The Kier molecular flexibility index (Phi) is 4.24. The molecule has 1 aromatic rings. The standard InChI is InChI=1S/C10H13N3O3S2/c11-3-1-4-17-10-13-12-9(16-10)6-8-2-5-18(14,15)7-8/h8H,1-2,4-7H2.